The summed E-state index contributed by atoms with van der Waals surface area (Å²) in [6.07, 6.45) is 1.89. The summed E-state index contributed by atoms with van der Waals surface area (Å²) in [5.41, 5.74) is 2.48. The Kier molecular flexibility index (Phi) is 3.79. The van der Waals surface area contributed by atoms with E-state index in [1.165, 1.54) is 11.8 Å². The summed E-state index contributed by atoms with van der Waals surface area (Å²) >= 11 is 1.43. The molecular weight excluding hydrogens is 236 g/mol. The van der Waals surface area contributed by atoms with Crippen LogP contribution in [0.4, 0.5) is 5.82 Å². The quantitative estimate of drug-likeness (QED) is 0.374. The van der Waals surface area contributed by atoms with Gasteiger partial charge in [-0.15, -0.1) is 0 Å². The summed E-state index contributed by atoms with van der Waals surface area (Å²) in [6, 6.07) is 11.1. The molecular formula is C11H12N4OS. The van der Waals surface area contributed by atoms with E-state index < -0.39 is 0 Å². The number of nitrogens with two attached hydrogens (primary N) is 1. The highest BCUT2D eigenvalue weighted by Gasteiger charge is 2.05. The number of ether oxygens (including phenoxy) is 1. The predicted molar refractivity (Wildman–Crippen MR) is 68.1 cm³/mol. The van der Waals surface area contributed by atoms with Crippen molar-refractivity contribution in [1.82, 2.24) is 9.97 Å². The summed E-state index contributed by atoms with van der Waals surface area (Å²) in [5.74, 6) is 7.04. The smallest absolute Gasteiger partial charge is 0.225 e. The molecule has 3 N–H and O–H groups in total. The van der Waals surface area contributed by atoms with E-state index >= 15 is 0 Å². The van der Waals surface area contributed by atoms with Crippen LogP contribution in [0.2, 0.25) is 0 Å². The van der Waals surface area contributed by atoms with Crippen molar-refractivity contribution in [2.24, 2.45) is 5.84 Å². The molecule has 17 heavy (non-hydrogen) atoms. The van der Waals surface area contributed by atoms with E-state index in [4.69, 9.17) is 10.6 Å². The largest absolute Gasteiger partial charge is 0.439 e. The first kappa shape index (κ1) is 11.7. The minimum atomic E-state index is 0.462. The first-order chi connectivity index (χ1) is 8.31. The van der Waals surface area contributed by atoms with Gasteiger partial charge in [-0.1, -0.05) is 30.0 Å². The van der Waals surface area contributed by atoms with E-state index in [0.29, 0.717) is 16.9 Å². The number of thioether (sulfide) groups is 1. The predicted octanol–water partition coefficient (Wildman–Crippen LogP) is 2.28. The van der Waals surface area contributed by atoms with Crippen LogP contribution in [-0.2, 0) is 0 Å². The second kappa shape index (κ2) is 5.51. The minimum Gasteiger partial charge on any atom is -0.439 e. The normalized spacial score (nSPS) is 10.0. The monoisotopic (exact) mass is 248 g/mol. The average Bonchev–Trinajstić information content (AvgIpc) is 2.39. The van der Waals surface area contributed by atoms with Gasteiger partial charge in [0, 0.05) is 6.07 Å². The maximum absolute atomic E-state index is 5.60. The Morgan fingerprint density at radius 1 is 1.24 bits per heavy atom. The van der Waals surface area contributed by atoms with Crippen LogP contribution in [0.25, 0.3) is 0 Å². The Morgan fingerprint density at radius 3 is 2.65 bits per heavy atom. The molecule has 0 aliphatic rings. The number of para-hydroxylation sites is 1. The number of hydrazine groups is 1. The van der Waals surface area contributed by atoms with Gasteiger partial charge in [0.15, 0.2) is 5.16 Å². The fraction of sp³-hybridized carbons (Fsp3) is 0.0909. The average molecular weight is 248 g/mol. The number of aromatic nitrogens is 2. The number of nitrogen functional groups attached to an aromatic ring is 1. The van der Waals surface area contributed by atoms with Crippen molar-refractivity contribution in [1.29, 1.82) is 0 Å². The van der Waals surface area contributed by atoms with Crippen molar-refractivity contribution in [2.75, 3.05) is 11.7 Å². The van der Waals surface area contributed by atoms with Gasteiger partial charge in [0.25, 0.3) is 0 Å². The summed E-state index contributed by atoms with van der Waals surface area (Å²) in [6.45, 7) is 0. The standard InChI is InChI=1S/C11H12N4OS/c1-17-11-13-9(15-12)7-10(14-11)16-8-5-3-2-4-6-8/h2-7H,12H2,1H3,(H,13,14,15). The molecule has 0 atom stereocenters. The van der Waals surface area contributed by atoms with Crippen LogP contribution >= 0.6 is 11.8 Å². The van der Waals surface area contributed by atoms with Gasteiger partial charge in [-0.3, -0.25) is 0 Å². The van der Waals surface area contributed by atoms with E-state index in [9.17, 15) is 0 Å². The lowest BCUT2D eigenvalue weighted by molar-refractivity contribution is 0.456. The van der Waals surface area contributed by atoms with Crippen LogP contribution in [-0.4, -0.2) is 16.2 Å². The lowest BCUT2D eigenvalue weighted by Gasteiger charge is -2.07. The van der Waals surface area contributed by atoms with Gasteiger partial charge in [-0.05, 0) is 18.4 Å². The molecule has 0 aliphatic carbocycles. The van der Waals surface area contributed by atoms with Crippen LogP contribution in [0.5, 0.6) is 11.6 Å². The van der Waals surface area contributed by atoms with E-state index in [2.05, 4.69) is 15.4 Å². The first-order valence-corrected chi connectivity index (χ1v) is 6.17. The zero-order valence-corrected chi connectivity index (χ0v) is 10.1. The van der Waals surface area contributed by atoms with Crippen LogP contribution in [0.15, 0.2) is 41.6 Å². The molecule has 2 aromatic rings. The van der Waals surface area contributed by atoms with Gasteiger partial charge in [0.2, 0.25) is 5.88 Å². The molecule has 0 amide bonds. The van der Waals surface area contributed by atoms with Gasteiger partial charge in [0.05, 0.1) is 0 Å². The van der Waals surface area contributed by atoms with Gasteiger partial charge in [-0.2, -0.15) is 4.98 Å². The summed E-state index contributed by atoms with van der Waals surface area (Å²) in [4.78, 5) is 8.38. The Bertz CT molecular complexity index is 470. The molecule has 0 radical (unpaired) electrons. The van der Waals surface area contributed by atoms with E-state index in [1.807, 2.05) is 36.6 Å². The maximum Gasteiger partial charge on any atom is 0.225 e. The molecule has 0 saturated carbocycles. The number of nitrogens with zero attached hydrogens (tertiary/aromatic N) is 2. The summed E-state index contributed by atoms with van der Waals surface area (Å²) in [5, 5.41) is 0.603. The Hall–Kier alpha value is -1.79. The molecule has 6 heteroatoms. The number of rotatable bonds is 4. The number of nitrogens with one attached hydrogen (secondary N) is 1. The Morgan fingerprint density at radius 2 is 2.00 bits per heavy atom. The molecule has 0 fully saturated rings. The number of hydrogen-bond acceptors (Lipinski definition) is 6. The molecule has 1 aromatic heterocycles. The molecule has 0 unspecified atom stereocenters. The van der Waals surface area contributed by atoms with Crippen molar-refractivity contribution in [2.45, 2.75) is 5.16 Å². The van der Waals surface area contributed by atoms with Crippen LogP contribution < -0.4 is 16.0 Å². The molecule has 1 aromatic carbocycles. The highest BCUT2D eigenvalue weighted by atomic mass is 32.2. The van der Waals surface area contributed by atoms with Gasteiger partial charge in [-0.25, -0.2) is 10.8 Å². The first-order valence-electron chi connectivity index (χ1n) is 4.94. The number of benzene rings is 1. The molecule has 0 spiro atoms. The fourth-order valence-corrected chi connectivity index (χ4v) is 1.60. The summed E-state index contributed by atoms with van der Waals surface area (Å²) < 4.78 is 5.60. The van der Waals surface area contributed by atoms with Gasteiger partial charge >= 0.3 is 0 Å². The molecule has 88 valence electrons. The topological polar surface area (TPSA) is 73.1 Å². The van der Waals surface area contributed by atoms with Crippen molar-refractivity contribution >= 4 is 17.6 Å². The highest BCUT2D eigenvalue weighted by molar-refractivity contribution is 7.98. The number of hydrogen-bond donors (Lipinski definition) is 2. The van der Waals surface area contributed by atoms with E-state index in [0.717, 1.165) is 5.75 Å². The van der Waals surface area contributed by atoms with E-state index in [-0.39, 0.29) is 0 Å². The lowest BCUT2D eigenvalue weighted by Crippen LogP contribution is -2.09. The van der Waals surface area contributed by atoms with E-state index in [1.54, 1.807) is 6.07 Å². The third kappa shape index (κ3) is 3.08. The summed E-state index contributed by atoms with van der Waals surface area (Å²) in [7, 11) is 0. The maximum atomic E-state index is 5.60. The minimum absolute atomic E-state index is 0.462. The molecule has 0 bridgehead atoms. The lowest BCUT2D eigenvalue weighted by atomic mass is 10.3. The fourth-order valence-electron chi connectivity index (χ4n) is 1.23. The number of anilines is 1. The van der Waals surface area contributed by atoms with Crippen molar-refractivity contribution < 1.29 is 4.74 Å². The molecule has 0 saturated heterocycles. The third-order valence-electron chi connectivity index (χ3n) is 1.98. The van der Waals surface area contributed by atoms with Crippen LogP contribution in [0, 0.1) is 0 Å². The second-order valence-electron chi connectivity index (χ2n) is 3.14. The van der Waals surface area contributed by atoms with Crippen LogP contribution in [0.1, 0.15) is 0 Å². The zero-order valence-electron chi connectivity index (χ0n) is 9.25. The van der Waals surface area contributed by atoms with Crippen molar-refractivity contribution in [3.05, 3.63) is 36.4 Å². The SMILES string of the molecule is CSc1nc(NN)cc(Oc2ccccc2)n1. The molecule has 0 aliphatic heterocycles. The van der Waals surface area contributed by atoms with Gasteiger partial charge < -0.3 is 10.2 Å². The highest BCUT2D eigenvalue weighted by Crippen LogP contribution is 2.23. The Balaban J connectivity index is 2.26. The van der Waals surface area contributed by atoms with Crippen molar-refractivity contribution in [3.8, 4) is 11.6 Å². The Labute approximate surface area is 103 Å². The van der Waals surface area contributed by atoms with Gasteiger partial charge in [0.1, 0.15) is 11.6 Å². The zero-order chi connectivity index (χ0) is 12.1. The second-order valence-corrected chi connectivity index (χ2v) is 3.91. The molecule has 5 nitrogen and oxygen atoms in total. The van der Waals surface area contributed by atoms with Crippen molar-refractivity contribution in [3.63, 3.8) is 0 Å². The molecule has 2 rings (SSSR count). The van der Waals surface area contributed by atoms with Crippen LogP contribution in [0.3, 0.4) is 0 Å². The molecule has 1 heterocycles. The third-order valence-corrected chi connectivity index (χ3v) is 2.53.